The van der Waals surface area contributed by atoms with Gasteiger partial charge in [-0.2, -0.15) is 0 Å². The van der Waals surface area contributed by atoms with Gasteiger partial charge in [0.2, 0.25) is 0 Å². The van der Waals surface area contributed by atoms with Gasteiger partial charge in [0.1, 0.15) is 5.75 Å². The van der Waals surface area contributed by atoms with E-state index in [9.17, 15) is 0 Å². The summed E-state index contributed by atoms with van der Waals surface area (Å²) < 4.78 is 11.4. The third kappa shape index (κ3) is 2.44. The van der Waals surface area contributed by atoms with Gasteiger partial charge in [-0.15, -0.1) is 0 Å². The number of benzene rings is 2. The average Bonchev–Trinajstić information content (AvgIpc) is 2.37. The zero-order valence-electron chi connectivity index (χ0n) is 10.6. The summed E-state index contributed by atoms with van der Waals surface area (Å²) in [5.41, 5.74) is 6.69. The maximum Gasteiger partial charge on any atom is 0.182 e. The molecule has 2 aromatic rings. The van der Waals surface area contributed by atoms with Crippen LogP contribution < -0.4 is 10.5 Å². The Bertz CT molecular complexity index is 624. The molecule has 0 aromatic heterocycles. The minimum Gasteiger partial charge on any atom is -0.478 e. The van der Waals surface area contributed by atoms with E-state index in [1.165, 1.54) is 0 Å². The topological polar surface area (TPSA) is 44.5 Å². The third-order valence-electron chi connectivity index (χ3n) is 3.29. The van der Waals surface area contributed by atoms with Crippen molar-refractivity contribution >= 4 is 28.9 Å². The molecule has 1 aliphatic heterocycles. The van der Waals surface area contributed by atoms with E-state index in [1.54, 1.807) is 24.3 Å². The lowest BCUT2D eigenvalue weighted by Crippen LogP contribution is -2.51. The Labute approximate surface area is 127 Å². The summed E-state index contributed by atoms with van der Waals surface area (Å²) in [4.78, 5) is 0. The van der Waals surface area contributed by atoms with Crippen LogP contribution in [0.15, 0.2) is 42.5 Å². The highest BCUT2D eigenvalue weighted by Gasteiger charge is 2.44. The van der Waals surface area contributed by atoms with Gasteiger partial charge in [-0.25, -0.2) is 0 Å². The van der Waals surface area contributed by atoms with Crippen LogP contribution in [0.25, 0.3) is 0 Å². The van der Waals surface area contributed by atoms with Gasteiger partial charge in [-0.3, -0.25) is 0 Å². The standard InChI is InChI=1S/C15H13Cl2NO2/c16-10-1-6-13(14(17)7-10)15(8-19-9-15)20-12-4-2-11(18)3-5-12/h1-7H,8-9,18H2. The molecule has 0 amide bonds. The summed E-state index contributed by atoms with van der Waals surface area (Å²) in [6.45, 7) is 0.914. The van der Waals surface area contributed by atoms with Gasteiger partial charge in [0, 0.05) is 21.3 Å². The number of hydrogen-bond donors (Lipinski definition) is 1. The molecule has 3 rings (SSSR count). The normalized spacial score (nSPS) is 16.5. The molecule has 1 heterocycles. The van der Waals surface area contributed by atoms with Crippen LogP contribution in [-0.4, -0.2) is 13.2 Å². The Morgan fingerprint density at radius 1 is 1.05 bits per heavy atom. The van der Waals surface area contributed by atoms with Crippen LogP contribution in [0.2, 0.25) is 10.0 Å². The predicted octanol–water partition coefficient (Wildman–Crippen LogP) is 3.88. The van der Waals surface area contributed by atoms with Crippen molar-refractivity contribution in [2.75, 3.05) is 18.9 Å². The van der Waals surface area contributed by atoms with Crippen LogP contribution in [0.4, 0.5) is 5.69 Å². The lowest BCUT2D eigenvalue weighted by atomic mass is 9.91. The summed E-state index contributed by atoms with van der Waals surface area (Å²) in [6.07, 6.45) is 0. The molecule has 0 radical (unpaired) electrons. The van der Waals surface area contributed by atoms with E-state index in [0.29, 0.717) is 28.9 Å². The second-order valence-electron chi connectivity index (χ2n) is 4.78. The van der Waals surface area contributed by atoms with Gasteiger partial charge < -0.3 is 15.2 Å². The van der Waals surface area contributed by atoms with Crippen LogP contribution in [0.1, 0.15) is 5.56 Å². The van der Waals surface area contributed by atoms with Crippen molar-refractivity contribution in [2.45, 2.75) is 5.60 Å². The fraction of sp³-hybridized carbons (Fsp3) is 0.200. The Kier molecular flexibility index (Phi) is 3.50. The predicted molar refractivity (Wildman–Crippen MR) is 80.4 cm³/mol. The zero-order valence-corrected chi connectivity index (χ0v) is 12.1. The molecule has 2 aromatic carbocycles. The maximum atomic E-state index is 6.28. The number of nitrogens with two attached hydrogens (primary N) is 1. The Morgan fingerprint density at radius 2 is 1.75 bits per heavy atom. The van der Waals surface area contributed by atoms with Gasteiger partial charge in [0.15, 0.2) is 5.60 Å². The van der Waals surface area contributed by atoms with Crippen LogP contribution in [-0.2, 0) is 10.3 Å². The molecule has 0 aliphatic carbocycles. The van der Waals surface area contributed by atoms with Gasteiger partial charge in [0.25, 0.3) is 0 Å². The van der Waals surface area contributed by atoms with E-state index in [-0.39, 0.29) is 0 Å². The van der Waals surface area contributed by atoms with Crippen molar-refractivity contribution in [3.63, 3.8) is 0 Å². The van der Waals surface area contributed by atoms with E-state index < -0.39 is 5.60 Å². The Morgan fingerprint density at radius 3 is 2.30 bits per heavy atom. The minimum atomic E-state index is -0.558. The molecule has 0 bridgehead atoms. The van der Waals surface area contributed by atoms with Crippen molar-refractivity contribution in [2.24, 2.45) is 0 Å². The number of rotatable bonds is 3. The first-order valence-corrected chi connectivity index (χ1v) is 6.92. The van der Waals surface area contributed by atoms with E-state index in [2.05, 4.69) is 0 Å². The van der Waals surface area contributed by atoms with Crippen molar-refractivity contribution in [1.29, 1.82) is 0 Å². The number of halogens is 2. The summed E-state index contributed by atoms with van der Waals surface area (Å²) in [5.74, 6) is 0.730. The lowest BCUT2D eigenvalue weighted by molar-refractivity contribution is -0.167. The molecule has 2 N–H and O–H groups in total. The summed E-state index contributed by atoms with van der Waals surface area (Å²) in [7, 11) is 0. The summed E-state index contributed by atoms with van der Waals surface area (Å²) >= 11 is 12.2. The van der Waals surface area contributed by atoms with Crippen molar-refractivity contribution in [3.05, 3.63) is 58.1 Å². The smallest absolute Gasteiger partial charge is 0.182 e. The van der Waals surface area contributed by atoms with E-state index in [4.69, 9.17) is 38.4 Å². The Balaban J connectivity index is 1.93. The highest BCUT2D eigenvalue weighted by atomic mass is 35.5. The van der Waals surface area contributed by atoms with Gasteiger partial charge in [0.05, 0.1) is 13.2 Å². The lowest BCUT2D eigenvalue weighted by Gasteiger charge is -2.42. The van der Waals surface area contributed by atoms with Crippen LogP contribution in [0, 0.1) is 0 Å². The molecular formula is C15H13Cl2NO2. The van der Waals surface area contributed by atoms with Gasteiger partial charge >= 0.3 is 0 Å². The molecule has 1 saturated heterocycles. The molecule has 3 nitrogen and oxygen atoms in total. The number of hydrogen-bond acceptors (Lipinski definition) is 3. The number of anilines is 1. The highest BCUT2D eigenvalue weighted by molar-refractivity contribution is 6.35. The average molecular weight is 310 g/mol. The zero-order chi connectivity index (χ0) is 14.2. The molecule has 1 aliphatic rings. The quantitative estimate of drug-likeness (QED) is 0.875. The molecular weight excluding hydrogens is 297 g/mol. The first-order valence-electron chi connectivity index (χ1n) is 6.17. The third-order valence-corrected chi connectivity index (χ3v) is 3.83. The molecule has 0 saturated carbocycles. The summed E-state index contributed by atoms with van der Waals surface area (Å²) in [6, 6.07) is 12.7. The fourth-order valence-electron chi connectivity index (χ4n) is 2.18. The SMILES string of the molecule is Nc1ccc(OC2(c3ccc(Cl)cc3Cl)COC2)cc1. The van der Waals surface area contributed by atoms with Gasteiger partial charge in [-0.1, -0.05) is 29.3 Å². The first kappa shape index (κ1) is 13.6. The second-order valence-corrected chi connectivity index (χ2v) is 5.63. The second kappa shape index (κ2) is 5.17. The Hall–Kier alpha value is -1.42. The first-order chi connectivity index (χ1) is 9.59. The molecule has 20 heavy (non-hydrogen) atoms. The molecule has 1 fully saturated rings. The van der Waals surface area contributed by atoms with Crippen LogP contribution >= 0.6 is 23.2 Å². The van der Waals surface area contributed by atoms with E-state index in [0.717, 1.165) is 11.3 Å². The van der Waals surface area contributed by atoms with Crippen LogP contribution in [0.3, 0.4) is 0 Å². The maximum absolute atomic E-state index is 6.28. The molecule has 5 heteroatoms. The van der Waals surface area contributed by atoms with Crippen molar-refractivity contribution in [3.8, 4) is 5.75 Å². The van der Waals surface area contributed by atoms with Crippen molar-refractivity contribution < 1.29 is 9.47 Å². The molecule has 0 atom stereocenters. The van der Waals surface area contributed by atoms with Gasteiger partial charge in [-0.05, 0) is 36.4 Å². The minimum absolute atomic E-state index is 0.457. The number of nitrogen functional groups attached to an aromatic ring is 1. The largest absolute Gasteiger partial charge is 0.478 e. The molecule has 0 unspecified atom stereocenters. The highest BCUT2D eigenvalue weighted by Crippen LogP contribution is 2.39. The van der Waals surface area contributed by atoms with E-state index >= 15 is 0 Å². The monoisotopic (exact) mass is 309 g/mol. The van der Waals surface area contributed by atoms with Crippen LogP contribution in [0.5, 0.6) is 5.75 Å². The molecule has 104 valence electrons. The summed E-state index contributed by atoms with van der Waals surface area (Å²) in [5, 5.41) is 1.18. The molecule has 0 spiro atoms. The van der Waals surface area contributed by atoms with Crippen molar-refractivity contribution in [1.82, 2.24) is 0 Å². The number of ether oxygens (including phenoxy) is 2. The fourth-order valence-corrected chi connectivity index (χ4v) is 2.76. The van der Waals surface area contributed by atoms with E-state index in [1.807, 2.05) is 18.2 Å².